The number of hydrogen-bond donors (Lipinski definition) is 1. The summed E-state index contributed by atoms with van der Waals surface area (Å²) >= 11 is 0. The molecule has 6 nitrogen and oxygen atoms in total. The molecule has 0 amide bonds. The van der Waals surface area contributed by atoms with Crippen molar-refractivity contribution in [2.45, 2.75) is 0 Å². The Morgan fingerprint density at radius 2 is 2.16 bits per heavy atom. The molecule has 0 saturated carbocycles. The third-order valence-corrected chi connectivity index (χ3v) is 2.76. The van der Waals surface area contributed by atoms with Crippen LogP contribution in [0.4, 0.5) is 5.82 Å². The highest BCUT2D eigenvalue weighted by atomic mass is 16.3. The van der Waals surface area contributed by atoms with E-state index in [4.69, 9.17) is 4.42 Å². The van der Waals surface area contributed by atoms with Gasteiger partial charge < -0.3 is 9.73 Å². The van der Waals surface area contributed by atoms with E-state index >= 15 is 0 Å². The second-order valence-corrected chi connectivity index (χ2v) is 4.13. The molecule has 0 radical (unpaired) electrons. The van der Waals surface area contributed by atoms with Gasteiger partial charge in [-0.05, 0) is 6.07 Å². The minimum atomic E-state index is 0.624. The maximum atomic E-state index is 5.08. The summed E-state index contributed by atoms with van der Waals surface area (Å²) in [6.45, 7) is 0. The van der Waals surface area contributed by atoms with Crippen molar-refractivity contribution in [1.29, 1.82) is 0 Å². The average Bonchev–Trinajstić information content (AvgIpc) is 3.09. The van der Waals surface area contributed by atoms with Crippen molar-refractivity contribution in [3.8, 4) is 22.6 Å². The Morgan fingerprint density at radius 3 is 2.79 bits per heavy atom. The van der Waals surface area contributed by atoms with Crippen molar-refractivity contribution < 1.29 is 4.42 Å². The molecule has 0 bridgehead atoms. The summed E-state index contributed by atoms with van der Waals surface area (Å²) in [7, 11) is 3.70. The van der Waals surface area contributed by atoms with Crippen LogP contribution < -0.4 is 5.32 Å². The van der Waals surface area contributed by atoms with Crippen LogP contribution in [0.5, 0.6) is 0 Å². The first kappa shape index (κ1) is 11.5. The summed E-state index contributed by atoms with van der Waals surface area (Å²) in [4.78, 5) is 8.96. The van der Waals surface area contributed by atoms with E-state index < -0.39 is 0 Å². The molecule has 19 heavy (non-hydrogen) atoms. The highest BCUT2D eigenvalue weighted by molar-refractivity contribution is 5.66. The molecule has 96 valence electrons. The second-order valence-electron chi connectivity index (χ2n) is 4.13. The zero-order valence-corrected chi connectivity index (χ0v) is 10.7. The fourth-order valence-corrected chi connectivity index (χ4v) is 1.80. The van der Waals surface area contributed by atoms with Crippen LogP contribution in [-0.4, -0.2) is 26.8 Å². The fourth-order valence-electron chi connectivity index (χ4n) is 1.80. The van der Waals surface area contributed by atoms with Crippen molar-refractivity contribution in [2.24, 2.45) is 7.05 Å². The van der Waals surface area contributed by atoms with Crippen LogP contribution in [0.2, 0.25) is 0 Å². The molecule has 0 aliphatic heterocycles. The summed E-state index contributed by atoms with van der Waals surface area (Å²) in [5.74, 6) is 1.38. The van der Waals surface area contributed by atoms with Gasteiger partial charge >= 0.3 is 0 Å². The van der Waals surface area contributed by atoms with Crippen molar-refractivity contribution >= 4 is 5.82 Å². The van der Waals surface area contributed by atoms with Gasteiger partial charge in [-0.25, -0.2) is 9.97 Å². The van der Waals surface area contributed by atoms with E-state index in [0.717, 1.165) is 22.6 Å². The van der Waals surface area contributed by atoms with E-state index in [-0.39, 0.29) is 0 Å². The number of nitrogens with zero attached hydrogens (tertiary/aromatic N) is 4. The molecule has 3 aromatic rings. The number of aryl methyl sites for hydroxylation is 1. The molecule has 6 heteroatoms. The maximum absolute atomic E-state index is 5.08. The van der Waals surface area contributed by atoms with Gasteiger partial charge in [0.15, 0.2) is 5.82 Å². The van der Waals surface area contributed by atoms with E-state index in [9.17, 15) is 0 Å². The largest absolute Gasteiger partial charge is 0.472 e. The lowest BCUT2D eigenvalue weighted by atomic mass is 10.2. The van der Waals surface area contributed by atoms with Gasteiger partial charge in [-0.1, -0.05) is 0 Å². The van der Waals surface area contributed by atoms with Gasteiger partial charge in [0.2, 0.25) is 0 Å². The average molecular weight is 255 g/mol. The molecule has 3 heterocycles. The van der Waals surface area contributed by atoms with Crippen molar-refractivity contribution in [3.63, 3.8) is 0 Å². The SMILES string of the molecule is CNc1cc(-c2cnn(C)c2)nc(-c2ccoc2)n1. The first-order valence-electron chi connectivity index (χ1n) is 5.84. The third kappa shape index (κ3) is 2.20. The predicted octanol–water partition coefficient (Wildman–Crippen LogP) is 2.18. The van der Waals surface area contributed by atoms with Crippen molar-refractivity contribution in [3.05, 3.63) is 37.1 Å². The first-order valence-corrected chi connectivity index (χ1v) is 5.84. The summed E-state index contributed by atoms with van der Waals surface area (Å²) < 4.78 is 6.82. The summed E-state index contributed by atoms with van der Waals surface area (Å²) in [6.07, 6.45) is 6.93. The van der Waals surface area contributed by atoms with Gasteiger partial charge in [0.05, 0.1) is 23.7 Å². The third-order valence-electron chi connectivity index (χ3n) is 2.76. The smallest absolute Gasteiger partial charge is 0.165 e. The molecule has 3 rings (SSSR count). The van der Waals surface area contributed by atoms with Crippen LogP contribution in [0.15, 0.2) is 41.5 Å². The maximum Gasteiger partial charge on any atom is 0.165 e. The Bertz CT molecular complexity index is 687. The van der Waals surface area contributed by atoms with Gasteiger partial charge in [0, 0.05) is 31.9 Å². The predicted molar refractivity (Wildman–Crippen MR) is 71.5 cm³/mol. The van der Waals surface area contributed by atoms with Gasteiger partial charge in [0.1, 0.15) is 12.1 Å². The monoisotopic (exact) mass is 255 g/mol. The van der Waals surface area contributed by atoms with Gasteiger partial charge in [0.25, 0.3) is 0 Å². The molecular formula is C13H13N5O. The number of hydrogen-bond acceptors (Lipinski definition) is 5. The lowest BCUT2D eigenvalue weighted by Crippen LogP contribution is -1.98. The van der Waals surface area contributed by atoms with Crippen LogP contribution in [0.1, 0.15) is 0 Å². The van der Waals surface area contributed by atoms with Gasteiger partial charge in [-0.2, -0.15) is 5.10 Å². The van der Waals surface area contributed by atoms with Crippen molar-refractivity contribution in [2.75, 3.05) is 12.4 Å². The topological polar surface area (TPSA) is 68.8 Å². The van der Waals surface area contributed by atoms with Gasteiger partial charge in [-0.3, -0.25) is 4.68 Å². The lowest BCUT2D eigenvalue weighted by molar-refractivity contribution is 0.568. The standard InChI is InChI=1S/C13H13N5O/c1-14-12-5-11(10-6-15-18(2)7-10)16-13(17-12)9-3-4-19-8-9/h3-8H,1-2H3,(H,14,16,17). The molecule has 0 saturated heterocycles. The van der Waals surface area contributed by atoms with Crippen LogP contribution in [0, 0.1) is 0 Å². The molecule has 3 aromatic heterocycles. The number of nitrogens with one attached hydrogen (secondary N) is 1. The van der Waals surface area contributed by atoms with Crippen LogP contribution in [0.3, 0.4) is 0 Å². The Balaban J connectivity index is 2.12. The molecule has 0 fully saturated rings. The quantitative estimate of drug-likeness (QED) is 0.776. The minimum Gasteiger partial charge on any atom is -0.472 e. The summed E-state index contributed by atoms with van der Waals surface area (Å²) in [6, 6.07) is 3.72. The van der Waals surface area contributed by atoms with E-state index in [1.807, 2.05) is 32.4 Å². The Morgan fingerprint density at radius 1 is 1.26 bits per heavy atom. The number of anilines is 1. The summed E-state index contributed by atoms with van der Waals surface area (Å²) in [5.41, 5.74) is 2.62. The van der Waals surface area contributed by atoms with E-state index in [1.54, 1.807) is 23.4 Å². The van der Waals surface area contributed by atoms with E-state index in [2.05, 4.69) is 20.4 Å². The molecule has 0 unspecified atom stereocenters. The second kappa shape index (κ2) is 4.56. The van der Waals surface area contributed by atoms with Crippen molar-refractivity contribution in [1.82, 2.24) is 19.7 Å². The number of furan rings is 1. The van der Waals surface area contributed by atoms with E-state index in [1.165, 1.54) is 0 Å². The zero-order valence-electron chi connectivity index (χ0n) is 10.7. The van der Waals surface area contributed by atoms with Crippen LogP contribution >= 0.6 is 0 Å². The Kier molecular flexibility index (Phi) is 2.75. The normalized spacial score (nSPS) is 10.6. The summed E-state index contributed by atoms with van der Waals surface area (Å²) in [5, 5.41) is 7.20. The van der Waals surface area contributed by atoms with Gasteiger partial charge in [-0.15, -0.1) is 0 Å². The molecular weight excluding hydrogens is 242 g/mol. The first-order chi connectivity index (χ1) is 9.26. The number of aromatic nitrogens is 4. The Labute approximate surface area is 110 Å². The molecule has 0 spiro atoms. The molecule has 0 atom stereocenters. The molecule has 1 N–H and O–H groups in total. The number of rotatable bonds is 3. The zero-order chi connectivity index (χ0) is 13.2. The van der Waals surface area contributed by atoms with Crippen LogP contribution in [0.25, 0.3) is 22.6 Å². The Hall–Kier alpha value is -2.63. The molecule has 0 aliphatic carbocycles. The molecule has 0 aromatic carbocycles. The molecule has 0 aliphatic rings. The van der Waals surface area contributed by atoms with Crippen LogP contribution in [-0.2, 0) is 7.05 Å². The highest BCUT2D eigenvalue weighted by Crippen LogP contribution is 2.23. The highest BCUT2D eigenvalue weighted by Gasteiger charge is 2.10. The lowest BCUT2D eigenvalue weighted by Gasteiger charge is -2.05. The minimum absolute atomic E-state index is 0.624. The fraction of sp³-hybridized carbons (Fsp3) is 0.154. The van der Waals surface area contributed by atoms with E-state index in [0.29, 0.717) is 5.82 Å².